The van der Waals surface area contributed by atoms with Crippen LogP contribution in [-0.2, 0) is 4.74 Å². The van der Waals surface area contributed by atoms with Crippen molar-refractivity contribution in [1.82, 2.24) is 19.8 Å². The average molecular weight is 330 g/mol. The minimum atomic E-state index is -0.0377. The minimum Gasteiger partial charge on any atom is -0.384 e. The van der Waals surface area contributed by atoms with Crippen LogP contribution in [0.3, 0.4) is 0 Å². The average Bonchev–Trinajstić information content (AvgIpc) is 3.22. The SMILES string of the molecule is COC[C@@H]1CN(CC2CC2)C[C@@]12CCN(C(=O)c1ncccn1)C2. The zero-order chi connectivity index (χ0) is 16.6. The number of hydrogen-bond acceptors (Lipinski definition) is 5. The van der Waals surface area contributed by atoms with Gasteiger partial charge >= 0.3 is 0 Å². The smallest absolute Gasteiger partial charge is 0.291 e. The number of carbonyl (C=O) groups is 1. The Kier molecular flexibility index (Phi) is 4.26. The predicted molar refractivity (Wildman–Crippen MR) is 89.5 cm³/mol. The van der Waals surface area contributed by atoms with Crippen LogP contribution in [0, 0.1) is 17.3 Å². The lowest BCUT2D eigenvalue weighted by molar-refractivity contribution is 0.0705. The second-order valence-corrected chi connectivity index (χ2v) is 7.70. The molecule has 4 rings (SSSR count). The molecule has 0 unspecified atom stereocenters. The predicted octanol–water partition coefficient (Wildman–Crippen LogP) is 1.30. The molecule has 24 heavy (non-hydrogen) atoms. The highest BCUT2D eigenvalue weighted by molar-refractivity contribution is 5.90. The zero-order valence-corrected chi connectivity index (χ0v) is 14.4. The van der Waals surface area contributed by atoms with Crippen molar-refractivity contribution in [2.24, 2.45) is 17.3 Å². The Morgan fingerprint density at radius 2 is 2.12 bits per heavy atom. The number of amides is 1. The minimum absolute atomic E-state index is 0.0377. The fourth-order valence-electron chi connectivity index (χ4n) is 4.46. The van der Waals surface area contributed by atoms with Crippen molar-refractivity contribution in [1.29, 1.82) is 0 Å². The molecule has 1 saturated carbocycles. The van der Waals surface area contributed by atoms with Gasteiger partial charge < -0.3 is 14.5 Å². The van der Waals surface area contributed by atoms with Crippen molar-refractivity contribution >= 4 is 5.91 Å². The van der Waals surface area contributed by atoms with Crippen molar-refractivity contribution in [3.05, 3.63) is 24.3 Å². The van der Waals surface area contributed by atoms with Gasteiger partial charge in [0.1, 0.15) is 0 Å². The normalized spacial score (nSPS) is 30.4. The summed E-state index contributed by atoms with van der Waals surface area (Å²) in [5, 5.41) is 0. The summed E-state index contributed by atoms with van der Waals surface area (Å²) in [7, 11) is 1.78. The molecular weight excluding hydrogens is 304 g/mol. The van der Waals surface area contributed by atoms with Crippen LogP contribution in [-0.4, -0.2) is 72.1 Å². The van der Waals surface area contributed by atoms with Crippen molar-refractivity contribution in [3.63, 3.8) is 0 Å². The zero-order valence-electron chi connectivity index (χ0n) is 14.4. The molecule has 0 radical (unpaired) electrons. The van der Waals surface area contributed by atoms with Gasteiger partial charge in [-0.2, -0.15) is 0 Å². The van der Waals surface area contributed by atoms with Crippen LogP contribution < -0.4 is 0 Å². The second kappa shape index (κ2) is 6.41. The van der Waals surface area contributed by atoms with E-state index >= 15 is 0 Å². The second-order valence-electron chi connectivity index (χ2n) is 7.70. The topological polar surface area (TPSA) is 58.6 Å². The van der Waals surface area contributed by atoms with Crippen molar-refractivity contribution in [2.45, 2.75) is 19.3 Å². The maximum Gasteiger partial charge on any atom is 0.291 e. The Morgan fingerprint density at radius 1 is 1.33 bits per heavy atom. The molecule has 3 aliphatic rings. The summed E-state index contributed by atoms with van der Waals surface area (Å²) in [6, 6.07) is 1.74. The first-order chi connectivity index (χ1) is 11.7. The summed E-state index contributed by atoms with van der Waals surface area (Å²) in [5.74, 6) is 1.69. The third kappa shape index (κ3) is 3.05. The van der Waals surface area contributed by atoms with Crippen LogP contribution in [0.5, 0.6) is 0 Å². The molecule has 1 aromatic rings. The molecule has 2 saturated heterocycles. The third-order valence-electron chi connectivity index (χ3n) is 5.89. The van der Waals surface area contributed by atoms with E-state index < -0.39 is 0 Å². The fourth-order valence-corrected chi connectivity index (χ4v) is 4.46. The molecular formula is C18H26N4O2. The number of carbonyl (C=O) groups excluding carboxylic acids is 1. The lowest BCUT2D eigenvalue weighted by Crippen LogP contribution is -2.38. The van der Waals surface area contributed by atoms with Crippen molar-refractivity contribution in [2.75, 3.05) is 46.4 Å². The highest BCUT2D eigenvalue weighted by Crippen LogP contribution is 2.45. The number of aromatic nitrogens is 2. The molecule has 0 N–H and O–H groups in total. The molecule has 2 aliphatic heterocycles. The van der Waals surface area contributed by atoms with E-state index in [-0.39, 0.29) is 11.3 Å². The number of ether oxygens (including phenoxy) is 1. The first-order valence-corrected chi connectivity index (χ1v) is 8.98. The van der Waals surface area contributed by atoms with Gasteiger partial charge in [-0.05, 0) is 31.2 Å². The summed E-state index contributed by atoms with van der Waals surface area (Å²) in [5.41, 5.74) is 0.176. The number of rotatable bonds is 5. The van der Waals surface area contributed by atoms with Crippen molar-refractivity contribution < 1.29 is 9.53 Å². The Bertz CT molecular complexity index is 592. The van der Waals surface area contributed by atoms with Gasteiger partial charge in [-0.3, -0.25) is 4.79 Å². The summed E-state index contributed by atoms with van der Waals surface area (Å²) >= 11 is 0. The first-order valence-electron chi connectivity index (χ1n) is 8.98. The van der Waals surface area contributed by atoms with Crippen LogP contribution in [0.15, 0.2) is 18.5 Å². The molecule has 1 aliphatic carbocycles. The maximum absolute atomic E-state index is 12.7. The molecule has 1 aromatic heterocycles. The molecule has 6 heteroatoms. The Morgan fingerprint density at radius 3 is 2.83 bits per heavy atom. The van der Waals surface area contributed by atoms with Gasteiger partial charge in [-0.1, -0.05) is 0 Å². The van der Waals surface area contributed by atoms with E-state index in [0.29, 0.717) is 11.7 Å². The van der Waals surface area contributed by atoms with Crippen LogP contribution in [0.2, 0.25) is 0 Å². The van der Waals surface area contributed by atoms with Gasteiger partial charge in [0, 0.05) is 63.6 Å². The van der Waals surface area contributed by atoms with E-state index in [4.69, 9.17) is 4.74 Å². The Balaban J connectivity index is 1.46. The van der Waals surface area contributed by atoms with Gasteiger partial charge in [-0.25, -0.2) is 9.97 Å². The molecule has 3 fully saturated rings. The number of hydrogen-bond donors (Lipinski definition) is 0. The number of nitrogens with zero attached hydrogens (tertiary/aromatic N) is 4. The molecule has 1 spiro atoms. The van der Waals surface area contributed by atoms with Gasteiger partial charge in [0.05, 0.1) is 6.61 Å². The summed E-state index contributed by atoms with van der Waals surface area (Å²) in [6.45, 7) is 5.81. The van der Waals surface area contributed by atoms with E-state index in [1.54, 1.807) is 25.6 Å². The molecule has 0 aromatic carbocycles. The van der Waals surface area contributed by atoms with Gasteiger partial charge in [0.15, 0.2) is 0 Å². The summed E-state index contributed by atoms with van der Waals surface area (Å²) in [4.78, 5) is 25.5. The largest absolute Gasteiger partial charge is 0.384 e. The molecule has 130 valence electrons. The van der Waals surface area contributed by atoms with Crippen LogP contribution in [0.25, 0.3) is 0 Å². The van der Waals surface area contributed by atoms with E-state index in [2.05, 4.69) is 14.9 Å². The van der Waals surface area contributed by atoms with E-state index in [1.807, 2.05) is 4.90 Å². The van der Waals surface area contributed by atoms with Gasteiger partial charge in [0.2, 0.25) is 5.82 Å². The highest BCUT2D eigenvalue weighted by Gasteiger charge is 2.51. The van der Waals surface area contributed by atoms with Crippen LogP contribution >= 0.6 is 0 Å². The molecule has 2 atom stereocenters. The highest BCUT2D eigenvalue weighted by atomic mass is 16.5. The summed E-state index contributed by atoms with van der Waals surface area (Å²) < 4.78 is 5.51. The Labute approximate surface area is 143 Å². The molecule has 6 nitrogen and oxygen atoms in total. The van der Waals surface area contributed by atoms with Crippen LogP contribution in [0.4, 0.5) is 0 Å². The van der Waals surface area contributed by atoms with E-state index in [9.17, 15) is 4.79 Å². The van der Waals surface area contributed by atoms with E-state index in [0.717, 1.165) is 45.1 Å². The summed E-state index contributed by atoms with van der Waals surface area (Å²) in [6.07, 6.45) is 7.09. The molecule has 1 amide bonds. The quantitative estimate of drug-likeness (QED) is 0.814. The third-order valence-corrected chi connectivity index (χ3v) is 5.89. The molecule has 3 heterocycles. The van der Waals surface area contributed by atoms with Gasteiger partial charge in [0.25, 0.3) is 5.91 Å². The maximum atomic E-state index is 12.7. The number of methoxy groups -OCH3 is 1. The Hall–Kier alpha value is -1.53. The monoisotopic (exact) mass is 330 g/mol. The fraction of sp³-hybridized carbons (Fsp3) is 0.722. The number of likely N-dealkylation sites (tertiary alicyclic amines) is 2. The lowest BCUT2D eigenvalue weighted by Gasteiger charge is -2.30. The van der Waals surface area contributed by atoms with Crippen LogP contribution in [0.1, 0.15) is 29.9 Å². The van der Waals surface area contributed by atoms with E-state index in [1.165, 1.54) is 19.4 Å². The lowest BCUT2D eigenvalue weighted by atomic mass is 9.77. The van der Waals surface area contributed by atoms with Crippen molar-refractivity contribution in [3.8, 4) is 0 Å². The van der Waals surface area contributed by atoms with Gasteiger partial charge in [-0.15, -0.1) is 0 Å². The standard InChI is InChI=1S/C18H26N4O2/c1-24-11-15-10-21(9-14-3-4-14)12-18(15)5-8-22(13-18)17(23)16-19-6-2-7-20-16/h2,6-7,14-15H,3-5,8-13H2,1H3/t15-,18+/m0/s1. The molecule has 0 bridgehead atoms. The first kappa shape index (κ1) is 16.0.